The Morgan fingerprint density at radius 1 is 1.47 bits per heavy atom. The maximum Gasteiger partial charge on any atom is 0.134 e. The Morgan fingerprint density at radius 3 is 3.06 bits per heavy atom. The van der Waals surface area contributed by atoms with Gasteiger partial charge in [0.25, 0.3) is 0 Å². The second kappa shape index (κ2) is 6.09. The summed E-state index contributed by atoms with van der Waals surface area (Å²) in [4.78, 5) is 3.71. The Bertz CT molecular complexity index is 438. The molecule has 0 spiro atoms. The fraction of sp³-hybridized carbons (Fsp3) is 0.455. The van der Waals surface area contributed by atoms with Gasteiger partial charge in [-0.3, -0.25) is 4.90 Å². The molecule has 92 valence electrons. The van der Waals surface area contributed by atoms with Crippen molar-refractivity contribution in [1.29, 1.82) is 0 Å². The molecule has 0 aliphatic rings. The van der Waals surface area contributed by atoms with Crippen molar-refractivity contribution in [1.82, 2.24) is 14.5 Å². The van der Waals surface area contributed by atoms with Crippen LogP contribution in [0.1, 0.15) is 10.6 Å². The Labute approximate surface area is 109 Å². The van der Waals surface area contributed by atoms with Crippen LogP contribution in [0.2, 0.25) is 0 Å². The summed E-state index contributed by atoms with van der Waals surface area (Å²) in [7, 11) is 4.02. The lowest BCUT2D eigenvalue weighted by molar-refractivity contribution is 0.328. The van der Waals surface area contributed by atoms with Crippen LogP contribution in [0.4, 0.5) is 5.00 Å². The molecule has 0 aromatic carbocycles. The third kappa shape index (κ3) is 3.49. The minimum Gasteiger partial charge on any atom is -0.377 e. The molecule has 0 amide bonds. The largest absolute Gasteiger partial charge is 0.377 e. The molecule has 0 atom stereocenters. The second-order valence-corrected chi connectivity index (χ2v) is 5.65. The highest BCUT2D eigenvalue weighted by molar-refractivity contribution is 7.10. The number of aromatic nitrogens is 2. The smallest absolute Gasteiger partial charge is 0.134 e. The quantitative estimate of drug-likeness (QED) is 0.873. The number of hydrogen-bond donors (Lipinski definition) is 1. The van der Waals surface area contributed by atoms with Gasteiger partial charge in [-0.05, 0) is 24.9 Å². The molecule has 0 bridgehead atoms. The molecule has 1 N–H and O–H groups in total. The molecule has 0 unspecified atom stereocenters. The highest BCUT2D eigenvalue weighted by Crippen LogP contribution is 2.18. The van der Waals surface area contributed by atoms with Gasteiger partial charge in [0, 0.05) is 36.5 Å². The zero-order chi connectivity index (χ0) is 12.1. The van der Waals surface area contributed by atoms with Crippen LogP contribution in [-0.4, -0.2) is 35.1 Å². The number of thiophene rings is 1. The Balaban J connectivity index is 1.83. The summed E-state index contributed by atoms with van der Waals surface area (Å²) in [5.74, 6) is 0. The van der Waals surface area contributed by atoms with E-state index in [0.29, 0.717) is 0 Å². The zero-order valence-corrected chi connectivity index (χ0v) is 11.6. The molecule has 6 heteroatoms. The normalized spacial score (nSPS) is 11.0. The molecule has 0 saturated heterocycles. The van der Waals surface area contributed by atoms with Crippen LogP contribution in [0.25, 0.3) is 0 Å². The van der Waals surface area contributed by atoms with Crippen LogP contribution < -0.4 is 5.32 Å². The molecule has 0 aliphatic heterocycles. The molecule has 4 nitrogen and oxygen atoms in total. The Morgan fingerprint density at radius 2 is 2.35 bits per heavy atom. The van der Waals surface area contributed by atoms with E-state index >= 15 is 0 Å². The molecule has 2 rings (SSSR count). The second-order valence-electron chi connectivity index (χ2n) is 3.87. The van der Waals surface area contributed by atoms with E-state index in [1.54, 1.807) is 0 Å². The van der Waals surface area contributed by atoms with E-state index in [-0.39, 0.29) is 0 Å². The monoisotopic (exact) mass is 268 g/mol. The lowest BCUT2D eigenvalue weighted by Gasteiger charge is -2.14. The lowest BCUT2D eigenvalue weighted by Crippen LogP contribution is -2.21. The summed E-state index contributed by atoms with van der Waals surface area (Å²) in [5, 5.41) is 10.4. The summed E-state index contributed by atoms with van der Waals surface area (Å²) in [5.41, 5.74) is 1.03. The first-order valence-electron chi connectivity index (χ1n) is 5.49. The van der Waals surface area contributed by atoms with Gasteiger partial charge in [0.2, 0.25) is 0 Å². The van der Waals surface area contributed by atoms with Gasteiger partial charge in [-0.15, -0.1) is 16.4 Å². The molecule has 0 radical (unpaired) electrons. The van der Waals surface area contributed by atoms with E-state index in [4.69, 9.17) is 0 Å². The SMILES string of the molecule is CNc1snnc1CN(C)CCc1cccs1. The van der Waals surface area contributed by atoms with Crippen molar-refractivity contribution in [3.05, 3.63) is 28.1 Å². The van der Waals surface area contributed by atoms with Crippen molar-refractivity contribution in [2.24, 2.45) is 0 Å². The summed E-state index contributed by atoms with van der Waals surface area (Å²) in [6, 6.07) is 4.28. The van der Waals surface area contributed by atoms with Crippen LogP contribution in [0.15, 0.2) is 17.5 Å². The van der Waals surface area contributed by atoms with E-state index in [1.807, 2.05) is 18.4 Å². The van der Waals surface area contributed by atoms with E-state index in [1.165, 1.54) is 16.4 Å². The summed E-state index contributed by atoms with van der Waals surface area (Å²) >= 11 is 3.23. The number of nitrogens with one attached hydrogen (secondary N) is 1. The van der Waals surface area contributed by atoms with E-state index in [0.717, 1.165) is 30.2 Å². The molecule has 17 heavy (non-hydrogen) atoms. The first-order valence-corrected chi connectivity index (χ1v) is 7.15. The molecule has 0 fully saturated rings. The number of likely N-dealkylation sites (N-methyl/N-ethyl adjacent to an activating group) is 1. The first kappa shape index (κ1) is 12.5. The third-order valence-corrected chi connectivity index (χ3v) is 4.24. The topological polar surface area (TPSA) is 41.1 Å². The maximum atomic E-state index is 4.14. The van der Waals surface area contributed by atoms with Crippen molar-refractivity contribution in [3.63, 3.8) is 0 Å². The highest BCUT2D eigenvalue weighted by atomic mass is 32.1. The van der Waals surface area contributed by atoms with Crippen molar-refractivity contribution in [2.75, 3.05) is 26.0 Å². The van der Waals surface area contributed by atoms with Gasteiger partial charge in [0.15, 0.2) is 0 Å². The summed E-state index contributed by atoms with van der Waals surface area (Å²) in [6.07, 6.45) is 1.10. The highest BCUT2D eigenvalue weighted by Gasteiger charge is 2.09. The van der Waals surface area contributed by atoms with Crippen molar-refractivity contribution >= 4 is 27.9 Å². The Hall–Kier alpha value is -0.980. The minimum atomic E-state index is 0.845. The Kier molecular flexibility index (Phi) is 4.47. The number of anilines is 1. The average molecular weight is 268 g/mol. The van der Waals surface area contributed by atoms with Crippen molar-refractivity contribution < 1.29 is 0 Å². The summed E-state index contributed by atoms with van der Waals surface area (Å²) < 4.78 is 3.96. The lowest BCUT2D eigenvalue weighted by atomic mass is 10.3. The molecular formula is C11H16N4S2. The predicted molar refractivity (Wildman–Crippen MR) is 73.8 cm³/mol. The van der Waals surface area contributed by atoms with Crippen LogP contribution in [0, 0.1) is 0 Å². The number of rotatable bonds is 6. The number of nitrogens with zero attached hydrogens (tertiary/aromatic N) is 3. The average Bonchev–Trinajstić information content (AvgIpc) is 2.97. The van der Waals surface area contributed by atoms with E-state index < -0.39 is 0 Å². The van der Waals surface area contributed by atoms with Gasteiger partial charge < -0.3 is 5.32 Å². The van der Waals surface area contributed by atoms with Crippen molar-refractivity contribution in [2.45, 2.75) is 13.0 Å². The molecule has 2 aromatic heterocycles. The van der Waals surface area contributed by atoms with Gasteiger partial charge >= 0.3 is 0 Å². The fourth-order valence-corrected chi connectivity index (χ4v) is 2.81. The molecular weight excluding hydrogens is 252 g/mol. The summed E-state index contributed by atoms with van der Waals surface area (Å²) in [6.45, 7) is 1.89. The van der Waals surface area contributed by atoms with Gasteiger partial charge in [0.1, 0.15) is 10.7 Å². The molecule has 2 aromatic rings. The van der Waals surface area contributed by atoms with E-state index in [2.05, 4.69) is 44.4 Å². The van der Waals surface area contributed by atoms with Gasteiger partial charge in [-0.1, -0.05) is 10.6 Å². The minimum absolute atomic E-state index is 0.845. The molecule has 2 heterocycles. The predicted octanol–water partition coefficient (Wildman–Crippen LogP) is 2.32. The van der Waals surface area contributed by atoms with Crippen LogP contribution in [0.5, 0.6) is 0 Å². The van der Waals surface area contributed by atoms with Crippen LogP contribution in [0.3, 0.4) is 0 Å². The molecule has 0 saturated carbocycles. The standard InChI is InChI=1S/C11H16N4S2/c1-12-11-10(13-14-17-11)8-15(2)6-5-9-4-3-7-16-9/h3-4,7,12H,5-6,8H2,1-2H3. The zero-order valence-electron chi connectivity index (χ0n) is 10.0. The van der Waals surface area contributed by atoms with Gasteiger partial charge in [-0.25, -0.2) is 0 Å². The first-order chi connectivity index (χ1) is 8.29. The van der Waals surface area contributed by atoms with Crippen LogP contribution >= 0.6 is 22.9 Å². The fourth-order valence-electron chi connectivity index (χ4n) is 1.59. The molecule has 0 aliphatic carbocycles. The third-order valence-electron chi connectivity index (χ3n) is 2.52. The van der Waals surface area contributed by atoms with Gasteiger partial charge in [-0.2, -0.15) is 0 Å². The van der Waals surface area contributed by atoms with Crippen molar-refractivity contribution in [3.8, 4) is 0 Å². The van der Waals surface area contributed by atoms with Crippen LogP contribution in [-0.2, 0) is 13.0 Å². The van der Waals surface area contributed by atoms with Gasteiger partial charge in [0.05, 0.1) is 0 Å². The maximum absolute atomic E-state index is 4.14. The van der Waals surface area contributed by atoms with E-state index in [9.17, 15) is 0 Å². The number of hydrogen-bond acceptors (Lipinski definition) is 6.